The van der Waals surface area contributed by atoms with Gasteiger partial charge in [-0.25, -0.2) is 0 Å². The maximum atomic E-state index is 5.53. The number of hydrogen-bond donors (Lipinski definition) is 1. The van der Waals surface area contributed by atoms with Gasteiger partial charge in [-0.2, -0.15) is 0 Å². The van der Waals surface area contributed by atoms with E-state index in [-0.39, 0.29) is 0 Å². The van der Waals surface area contributed by atoms with Crippen LogP contribution in [-0.4, -0.2) is 41.1 Å². The zero-order chi connectivity index (χ0) is 17.8. The van der Waals surface area contributed by atoms with Crippen LogP contribution >= 0.6 is 12.2 Å². The first-order valence-corrected chi connectivity index (χ1v) is 9.44. The highest BCUT2D eigenvalue weighted by Crippen LogP contribution is 2.20. The average molecular weight is 366 g/mol. The normalized spacial score (nSPS) is 15.3. The molecule has 2 heterocycles. The third-order valence-electron chi connectivity index (χ3n) is 4.93. The van der Waals surface area contributed by atoms with E-state index in [0.29, 0.717) is 6.54 Å². The quantitative estimate of drug-likeness (QED) is 0.714. The van der Waals surface area contributed by atoms with E-state index in [4.69, 9.17) is 16.6 Å². The van der Waals surface area contributed by atoms with E-state index in [2.05, 4.69) is 57.6 Å². The van der Waals surface area contributed by atoms with E-state index in [1.165, 1.54) is 16.3 Å². The van der Waals surface area contributed by atoms with Crippen LogP contribution in [-0.2, 0) is 13.1 Å². The van der Waals surface area contributed by atoms with E-state index in [9.17, 15) is 0 Å². The summed E-state index contributed by atoms with van der Waals surface area (Å²) in [4.78, 5) is 4.76. The largest absolute Gasteiger partial charge is 0.467 e. The van der Waals surface area contributed by atoms with Crippen LogP contribution in [0.3, 0.4) is 0 Å². The van der Waals surface area contributed by atoms with Crippen molar-refractivity contribution < 1.29 is 4.42 Å². The molecule has 0 radical (unpaired) electrons. The van der Waals surface area contributed by atoms with Crippen molar-refractivity contribution in [2.75, 3.05) is 26.2 Å². The summed E-state index contributed by atoms with van der Waals surface area (Å²) in [6.07, 6.45) is 1.69. The summed E-state index contributed by atoms with van der Waals surface area (Å²) in [6, 6.07) is 19.0. The summed E-state index contributed by atoms with van der Waals surface area (Å²) in [5.41, 5.74) is 1.40. The Hall–Kier alpha value is -2.37. The van der Waals surface area contributed by atoms with Crippen LogP contribution in [0.5, 0.6) is 0 Å². The van der Waals surface area contributed by atoms with Crippen molar-refractivity contribution in [1.82, 2.24) is 15.1 Å². The van der Waals surface area contributed by atoms with Gasteiger partial charge in [0.1, 0.15) is 5.76 Å². The lowest BCUT2D eigenvalue weighted by atomic mass is 10.0. The fraction of sp³-hybridized carbons (Fsp3) is 0.286. The molecule has 1 saturated heterocycles. The van der Waals surface area contributed by atoms with Crippen molar-refractivity contribution in [3.05, 3.63) is 72.2 Å². The number of hydrogen-bond acceptors (Lipinski definition) is 3. The first-order chi connectivity index (χ1) is 12.8. The van der Waals surface area contributed by atoms with E-state index >= 15 is 0 Å². The Labute approximate surface area is 159 Å². The monoisotopic (exact) mass is 365 g/mol. The molecule has 0 atom stereocenters. The van der Waals surface area contributed by atoms with Gasteiger partial charge < -0.3 is 14.6 Å². The van der Waals surface area contributed by atoms with Gasteiger partial charge in [0.15, 0.2) is 5.11 Å². The molecule has 1 aliphatic heterocycles. The van der Waals surface area contributed by atoms with Gasteiger partial charge in [0.25, 0.3) is 0 Å². The van der Waals surface area contributed by atoms with Crippen LogP contribution in [0.4, 0.5) is 0 Å². The Morgan fingerprint density at radius 2 is 1.77 bits per heavy atom. The molecule has 0 unspecified atom stereocenters. The van der Waals surface area contributed by atoms with Crippen molar-refractivity contribution in [3.63, 3.8) is 0 Å². The van der Waals surface area contributed by atoms with Crippen molar-refractivity contribution in [3.8, 4) is 0 Å². The predicted molar refractivity (Wildman–Crippen MR) is 109 cm³/mol. The Kier molecular flexibility index (Phi) is 5.18. The fourth-order valence-electron chi connectivity index (χ4n) is 3.47. The molecule has 1 aliphatic rings. The fourth-order valence-corrected chi connectivity index (χ4v) is 3.72. The van der Waals surface area contributed by atoms with Crippen molar-refractivity contribution in [2.45, 2.75) is 13.1 Å². The number of rotatable bonds is 4. The molecule has 26 heavy (non-hydrogen) atoms. The van der Waals surface area contributed by atoms with Gasteiger partial charge in [-0.3, -0.25) is 4.90 Å². The summed E-state index contributed by atoms with van der Waals surface area (Å²) < 4.78 is 5.34. The number of thiocarbonyl (C=S) groups is 1. The molecule has 4 nitrogen and oxygen atoms in total. The lowest BCUT2D eigenvalue weighted by Gasteiger charge is -2.36. The van der Waals surface area contributed by atoms with Crippen LogP contribution in [0.25, 0.3) is 10.8 Å². The van der Waals surface area contributed by atoms with Crippen LogP contribution in [0, 0.1) is 0 Å². The minimum atomic E-state index is 0.641. The Morgan fingerprint density at radius 1 is 0.962 bits per heavy atom. The molecule has 0 amide bonds. The summed E-state index contributed by atoms with van der Waals surface area (Å²) in [5, 5.41) is 6.77. The molecular weight excluding hydrogens is 342 g/mol. The van der Waals surface area contributed by atoms with Crippen LogP contribution < -0.4 is 5.32 Å². The second kappa shape index (κ2) is 7.89. The van der Waals surface area contributed by atoms with Gasteiger partial charge in [0.05, 0.1) is 12.8 Å². The summed E-state index contributed by atoms with van der Waals surface area (Å²) in [5.74, 6) is 0.905. The maximum absolute atomic E-state index is 5.53. The van der Waals surface area contributed by atoms with Gasteiger partial charge in [0.2, 0.25) is 0 Å². The lowest BCUT2D eigenvalue weighted by molar-refractivity contribution is 0.175. The molecule has 0 saturated carbocycles. The molecule has 1 N–H and O–H groups in total. The van der Waals surface area contributed by atoms with Crippen LogP contribution in [0.15, 0.2) is 65.3 Å². The second-order valence-electron chi connectivity index (χ2n) is 6.64. The molecule has 2 aromatic carbocycles. The van der Waals surface area contributed by atoms with E-state index in [1.54, 1.807) is 6.26 Å². The highest BCUT2D eigenvalue weighted by Gasteiger charge is 2.19. The van der Waals surface area contributed by atoms with E-state index in [0.717, 1.165) is 43.6 Å². The molecule has 1 aromatic heterocycles. The highest BCUT2D eigenvalue weighted by atomic mass is 32.1. The summed E-state index contributed by atoms with van der Waals surface area (Å²) in [7, 11) is 0. The highest BCUT2D eigenvalue weighted by molar-refractivity contribution is 7.80. The van der Waals surface area contributed by atoms with E-state index in [1.807, 2.05) is 12.1 Å². The van der Waals surface area contributed by atoms with Crippen molar-refractivity contribution >= 4 is 28.1 Å². The smallest absolute Gasteiger partial charge is 0.169 e. The second-order valence-corrected chi connectivity index (χ2v) is 7.03. The standard InChI is InChI=1S/C21H23N3OS/c26-21(22-15-19-8-4-14-25-19)24-12-10-23(11-13-24)16-18-7-3-6-17-5-1-2-9-20(17)18/h1-9,14H,10-13,15-16H2,(H,22,26). The molecule has 1 fully saturated rings. The number of furan rings is 1. The third kappa shape index (κ3) is 3.89. The van der Waals surface area contributed by atoms with Gasteiger partial charge in [-0.05, 0) is 40.7 Å². The van der Waals surface area contributed by atoms with Crippen molar-refractivity contribution in [2.24, 2.45) is 0 Å². The first kappa shape index (κ1) is 17.1. The molecule has 4 rings (SSSR count). The van der Waals surface area contributed by atoms with Gasteiger partial charge in [-0.15, -0.1) is 0 Å². The number of piperazine rings is 1. The van der Waals surface area contributed by atoms with Gasteiger partial charge >= 0.3 is 0 Å². The van der Waals surface area contributed by atoms with Gasteiger partial charge in [-0.1, -0.05) is 42.5 Å². The molecule has 134 valence electrons. The Bertz CT molecular complexity index is 865. The molecule has 0 aliphatic carbocycles. The zero-order valence-electron chi connectivity index (χ0n) is 14.7. The zero-order valence-corrected chi connectivity index (χ0v) is 15.5. The lowest BCUT2D eigenvalue weighted by Crippen LogP contribution is -2.51. The average Bonchev–Trinajstić information content (AvgIpc) is 3.21. The van der Waals surface area contributed by atoms with Crippen molar-refractivity contribution in [1.29, 1.82) is 0 Å². The molecule has 5 heteroatoms. The maximum Gasteiger partial charge on any atom is 0.169 e. The predicted octanol–water partition coefficient (Wildman–Crippen LogP) is 3.63. The summed E-state index contributed by atoms with van der Waals surface area (Å²) >= 11 is 5.53. The third-order valence-corrected chi connectivity index (χ3v) is 5.33. The van der Waals surface area contributed by atoms with Crippen LogP contribution in [0.1, 0.15) is 11.3 Å². The molecule has 3 aromatic rings. The number of benzene rings is 2. The molecule has 0 bridgehead atoms. The number of fused-ring (bicyclic) bond motifs is 1. The minimum Gasteiger partial charge on any atom is -0.467 e. The topological polar surface area (TPSA) is 31.7 Å². The summed E-state index contributed by atoms with van der Waals surface area (Å²) in [6.45, 7) is 5.57. The SMILES string of the molecule is S=C(NCc1ccco1)N1CCN(Cc2cccc3ccccc23)CC1. The van der Waals surface area contributed by atoms with Crippen LogP contribution in [0.2, 0.25) is 0 Å². The Morgan fingerprint density at radius 3 is 2.58 bits per heavy atom. The Balaban J connectivity index is 1.31. The van der Waals surface area contributed by atoms with E-state index < -0.39 is 0 Å². The molecular formula is C21H23N3OS. The number of nitrogens with one attached hydrogen (secondary N) is 1. The van der Waals surface area contributed by atoms with Gasteiger partial charge in [0, 0.05) is 32.7 Å². The number of nitrogens with zero attached hydrogens (tertiary/aromatic N) is 2. The molecule has 0 spiro atoms. The minimum absolute atomic E-state index is 0.641. The first-order valence-electron chi connectivity index (χ1n) is 9.04.